The summed E-state index contributed by atoms with van der Waals surface area (Å²) in [5, 5.41) is 0.390. The number of fused-ring (bicyclic) bond motifs is 1. The lowest BCUT2D eigenvalue weighted by Crippen LogP contribution is -2.12. The first-order valence-electron chi connectivity index (χ1n) is 4.74. The Balaban J connectivity index is 2.73. The van der Waals surface area contributed by atoms with Gasteiger partial charge in [-0.1, -0.05) is 0 Å². The summed E-state index contributed by atoms with van der Waals surface area (Å²) in [4.78, 5) is 15.8. The number of amides is 1. The zero-order valence-corrected chi connectivity index (χ0v) is 10.9. The maximum absolute atomic E-state index is 11.2. The van der Waals surface area contributed by atoms with Crippen LogP contribution in [0, 0.1) is 0 Å². The number of hydrogen-bond acceptors (Lipinski definition) is 6. The molecule has 1 amide bonds. The van der Waals surface area contributed by atoms with Crippen molar-refractivity contribution in [2.24, 2.45) is 5.73 Å². The van der Waals surface area contributed by atoms with Crippen LogP contribution in [0.25, 0.3) is 10.2 Å². The Kier molecular flexibility index (Phi) is 2.87. The minimum atomic E-state index is -3.44. The summed E-state index contributed by atoms with van der Waals surface area (Å²) < 4.78 is 24.8. The number of nitrogens with two attached hydrogens (primary N) is 2. The van der Waals surface area contributed by atoms with Gasteiger partial charge in [-0.3, -0.25) is 9.52 Å². The Morgan fingerprint density at radius 2 is 2.17 bits per heavy atom. The minimum absolute atomic E-state index is 0.141. The first kappa shape index (κ1) is 12.6. The van der Waals surface area contributed by atoms with Crippen molar-refractivity contribution in [1.82, 2.24) is 4.98 Å². The molecule has 0 radical (unpaired) electrons. The highest BCUT2D eigenvalue weighted by Gasteiger charge is 2.18. The third-order valence-corrected chi connectivity index (χ3v) is 3.87. The molecule has 0 bridgehead atoms. The maximum Gasteiger partial charge on any atom is 0.260 e. The van der Waals surface area contributed by atoms with E-state index in [0.717, 1.165) is 17.6 Å². The van der Waals surface area contributed by atoms with Crippen LogP contribution < -0.4 is 16.2 Å². The van der Waals surface area contributed by atoms with Gasteiger partial charge in [0.05, 0.1) is 23.0 Å². The van der Waals surface area contributed by atoms with E-state index in [1.165, 1.54) is 12.3 Å². The van der Waals surface area contributed by atoms with Gasteiger partial charge in [-0.25, -0.2) is 13.4 Å². The van der Waals surface area contributed by atoms with Gasteiger partial charge in [0.1, 0.15) is 9.71 Å². The van der Waals surface area contributed by atoms with Crippen LogP contribution in [0.3, 0.4) is 0 Å². The van der Waals surface area contributed by atoms with Gasteiger partial charge in [0, 0.05) is 6.20 Å². The molecule has 2 heterocycles. The van der Waals surface area contributed by atoms with E-state index in [-0.39, 0.29) is 16.3 Å². The Labute approximate surface area is 107 Å². The molecule has 0 saturated heterocycles. The fourth-order valence-corrected chi connectivity index (χ4v) is 3.02. The number of nitrogens with zero attached hydrogens (tertiary/aromatic N) is 1. The number of carbonyl (C=O) groups is 1. The van der Waals surface area contributed by atoms with Crippen LogP contribution in [-0.4, -0.2) is 25.6 Å². The molecule has 0 aliphatic rings. The largest absolute Gasteiger partial charge is 0.397 e. The number of nitrogen functional groups attached to an aromatic ring is 1. The van der Waals surface area contributed by atoms with Gasteiger partial charge in [-0.15, -0.1) is 11.3 Å². The Hall–Kier alpha value is -1.87. The Morgan fingerprint density at radius 1 is 1.50 bits per heavy atom. The molecular weight excluding hydrogens is 276 g/mol. The summed E-state index contributed by atoms with van der Waals surface area (Å²) in [6, 6.07) is 1.47. The summed E-state index contributed by atoms with van der Waals surface area (Å²) in [6.07, 6.45) is 2.45. The van der Waals surface area contributed by atoms with Crippen molar-refractivity contribution >= 4 is 48.9 Å². The molecule has 9 heteroatoms. The molecule has 96 valence electrons. The molecule has 5 N–H and O–H groups in total. The first-order valence-corrected chi connectivity index (χ1v) is 7.45. The van der Waals surface area contributed by atoms with Gasteiger partial charge < -0.3 is 11.5 Å². The molecule has 0 fully saturated rings. The zero-order valence-electron chi connectivity index (χ0n) is 9.30. The lowest BCUT2D eigenvalue weighted by atomic mass is 10.2. The van der Waals surface area contributed by atoms with Crippen LogP contribution in [0.2, 0.25) is 0 Å². The van der Waals surface area contributed by atoms with E-state index in [9.17, 15) is 13.2 Å². The summed E-state index contributed by atoms with van der Waals surface area (Å²) in [7, 11) is -3.44. The molecule has 18 heavy (non-hydrogen) atoms. The molecule has 0 atom stereocenters. The smallest absolute Gasteiger partial charge is 0.260 e. The topological polar surface area (TPSA) is 128 Å². The van der Waals surface area contributed by atoms with Gasteiger partial charge in [0.15, 0.2) is 0 Å². The number of pyridine rings is 1. The second kappa shape index (κ2) is 4.10. The SMILES string of the molecule is CS(=O)(=O)Nc1ccnc2sc(C(N)=O)c(N)c12. The van der Waals surface area contributed by atoms with E-state index >= 15 is 0 Å². The molecule has 0 aliphatic carbocycles. The predicted molar refractivity (Wildman–Crippen MR) is 71.0 cm³/mol. The lowest BCUT2D eigenvalue weighted by Gasteiger charge is -2.05. The average molecular weight is 286 g/mol. The van der Waals surface area contributed by atoms with Crippen molar-refractivity contribution in [3.8, 4) is 0 Å². The van der Waals surface area contributed by atoms with Gasteiger partial charge in [0.2, 0.25) is 10.0 Å². The fourth-order valence-electron chi connectivity index (χ4n) is 1.51. The molecule has 2 rings (SSSR count). The number of sulfonamides is 1. The van der Waals surface area contributed by atoms with Crippen LogP contribution in [0.4, 0.5) is 11.4 Å². The summed E-state index contributed by atoms with van der Waals surface area (Å²) in [5.74, 6) is -0.666. The number of thiophene rings is 1. The second-order valence-corrected chi connectivity index (χ2v) is 6.37. The van der Waals surface area contributed by atoms with Crippen LogP contribution in [0.5, 0.6) is 0 Å². The third kappa shape index (κ3) is 2.22. The quantitative estimate of drug-likeness (QED) is 0.750. The molecule has 2 aromatic rings. The van der Waals surface area contributed by atoms with Gasteiger partial charge in [-0.05, 0) is 6.07 Å². The lowest BCUT2D eigenvalue weighted by molar-refractivity contribution is 0.100. The van der Waals surface area contributed by atoms with Crippen LogP contribution >= 0.6 is 11.3 Å². The number of carbonyl (C=O) groups excluding carboxylic acids is 1. The maximum atomic E-state index is 11.2. The first-order chi connectivity index (χ1) is 8.29. The van der Waals surface area contributed by atoms with E-state index in [1.54, 1.807) is 0 Å². The number of primary amides is 1. The van der Waals surface area contributed by atoms with E-state index in [1.807, 2.05) is 0 Å². The molecule has 0 aliphatic heterocycles. The average Bonchev–Trinajstić information content (AvgIpc) is 2.55. The molecule has 0 aromatic carbocycles. The van der Waals surface area contributed by atoms with Crippen molar-refractivity contribution in [1.29, 1.82) is 0 Å². The highest BCUT2D eigenvalue weighted by Crippen LogP contribution is 2.36. The monoisotopic (exact) mass is 286 g/mol. The van der Waals surface area contributed by atoms with Crippen molar-refractivity contribution in [3.05, 3.63) is 17.1 Å². The third-order valence-electron chi connectivity index (χ3n) is 2.15. The van der Waals surface area contributed by atoms with Crippen molar-refractivity contribution in [2.45, 2.75) is 0 Å². The number of aromatic nitrogens is 1. The predicted octanol–water partition coefficient (Wildman–Crippen LogP) is 0.349. The van der Waals surface area contributed by atoms with Crippen molar-refractivity contribution < 1.29 is 13.2 Å². The number of nitrogens with one attached hydrogen (secondary N) is 1. The molecular formula is C9H10N4O3S2. The number of hydrogen-bond donors (Lipinski definition) is 3. The second-order valence-electron chi connectivity index (χ2n) is 3.62. The van der Waals surface area contributed by atoms with Crippen molar-refractivity contribution in [2.75, 3.05) is 16.7 Å². The molecule has 0 spiro atoms. The summed E-state index contributed by atoms with van der Waals surface area (Å²) >= 11 is 1.03. The highest BCUT2D eigenvalue weighted by molar-refractivity contribution is 7.92. The van der Waals surface area contributed by atoms with E-state index in [4.69, 9.17) is 11.5 Å². The van der Waals surface area contributed by atoms with Gasteiger partial charge in [-0.2, -0.15) is 0 Å². The van der Waals surface area contributed by atoms with Gasteiger partial charge >= 0.3 is 0 Å². The fraction of sp³-hybridized carbons (Fsp3) is 0.111. The van der Waals surface area contributed by atoms with E-state index in [2.05, 4.69) is 9.71 Å². The van der Waals surface area contributed by atoms with E-state index < -0.39 is 15.9 Å². The van der Waals surface area contributed by atoms with Crippen molar-refractivity contribution in [3.63, 3.8) is 0 Å². The normalized spacial score (nSPS) is 11.6. The summed E-state index contributed by atoms with van der Waals surface area (Å²) in [6.45, 7) is 0. The standard InChI is InChI=1S/C9H10N4O3S2/c1-18(15,16)13-4-2-3-12-9-5(4)6(10)7(17-9)8(11)14/h2-3H,10H2,1H3,(H2,11,14)(H,12,13). The highest BCUT2D eigenvalue weighted by atomic mass is 32.2. The van der Waals surface area contributed by atoms with Crippen LogP contribution in [0.15, 0.2) is 12.3 Å². The molecule has 7 nitrogen and oxygen atoms in total. The Morgan fingerprint density at radius 3 is 2.72 bits per heavy atom. The van der Waals surface area contributed by atoms with E-state index in [0.29, 0.717) is 10.2 Å². The number of anilines is 2. The minimum Gasteiger partial charge on any atom is -0.397 e. The zero-order chi connectivity index (χ0) is 13.5. The number of rotatable bonds is 3. The van der Waals surface area contributed by atoms with Gasteiger partial charge in [0.25, 0.3) is 5.91 Å². The molecule has 2 aromatic heterocycles. The molecule has 0 unspecified atom stereocenters. The molecule has 0 saturated carbocycles. The Bertz CT molecular complexity index is 736. The summed E-state index contributed by atoms with van der Waals surface area (Å²) in [5.41, 5.74) is 11.4. The van der Waals surface area contributed by atoms with Crippen LogP contribution in [0.1, 0.15) is 9.67 Å². The van der Waals surface area contributed by atoms with Crippen LogP contribution in [-0.2, 0) is 10.0 Å².